The molecule has 0 radical (unpaired) electrons. The number of nitrogen functional groups attached to an aromatic ring is 2. The molecule has 0 fully saturated rings. The van der Waals surface area contributed by atoms with Gasteiger partial charge < -0.3 is 21.1 Å². The molecule has 0 aliphatic heterocycles. The number of carbonyl (C=O) groups excluding carboxylic acids is 1. The number of amides is 1. The molecule has 0 spiro atoms. The van der Waals surface area contributed by atoms with Crippen molar-refractivity contribution in [2.45, 2.75) is 6.54 Å². The Morgan fingerprint density at radius 2 is 1.45 bits per heavy atom. The Kier molecular flexibility index (Phi) is 7.01. The van der Waals surface area contributed by atoms with Crippen molar-refractivity contribution in [1.82, 2.24) is 4.90 Å². The predicted octanol–water partition coefficient (Wildman–Crippen LogP) is 2.98. The maximum absolute atomic E-state index is 13.2. The molecule has 3 aromatic carbocycles. The van der Waals surface area contributed by atoms with Crippen molar-refractivity contribution in [3.8, 4) is 5.75 Å². The van der Waals surface area contributed by atoms with Gasteiger partial charge in [-0.15, -0.1) is 0 Å². The van der Waals surface area contributed by atoms with Gasteiger partial charge in [0.15, 0.2) is 0 Å². The maximum Gasteiger partial charge on any atom is 0.254 e. The Morgan fingerprint density at radius 1 is 0.806 bits per heavy atom. The number of nitrogens with one attached hydrogen (secondary N) is 2. The Balaban J connectivity index is 1.73. The van der Waals surface area contributed by atoms with Gasteiger partial charge in [-0.1, -0.05) is 54.6 Å². The van der Waals surface area contributed by atoms with Crippen LogP contribution in [0.5, 0.6) is 5.75 Å². The summed E-state index contributed by atoms with van der Waals surface area (Å²) in [5.41, 5.74) is 13.7. The molecule has 6 N–H and O–H groups in total. The van der Waals surface area contributed by atoms with Crippen LogP contribution >= 0.6 is 0 Å². The van der Waals surface area contributed by atoms with E-state index in [0.29, 0.717) is 35.5 Å². The van der Waals surface area contributed by atoms with E-state index in [9.17, 15) is 4.79 Å². The van der Waals surface area contributed by atoms with Crippen LogP contribution in [0.25, 0.3) is 0 Å². The fourth-order valence-corrected chi connectivity index (χ4v) is 3.06. The van der Waals surface area contributed by atoms with Crippen LogP contribution in [0.4, 0.5) is 0 Å². The lowest BCUT2D eigenvalue weighted by atomic mass is 10.1. The van der Waals surface area contributed by atoms with E-state index in [2.05, 4.69) is 0 Å². The van der Waals surface area contributed by atoms with E-state index >= 15 is 0 Å². The summed E-state index contributed by atoms with van der Waals surface area (Å²) in [7, 11) is 0. The average molecular weight is 415 g/mol. The van der Waals surface area contributed by atoms with Crippen LogP contribution in [-0.4, -0.2) is 35.6 Å². The number of nitrogens with two attached hydrogens (primary N) is 2. The minimum atomic E-state index is -0.139. The fraction of sp³-hybridized carbons (Fsp3) is 0.125. The number of rotatable bonds is 9. The first-order chi connectivity index (χ1) is 14.9. The van der Waals surface area contributed by atoms with Crippen molar-refractivity contribution in [2.24, 2.45) is 11.5 Å². The van der Waals surface area contributed by atoms with Crippen LogP contribution in [-0.2, 0) is 6.54 Å². The summed E-state index contributed by atoms with van der Waals surface area (Å²) in [5, 5.41) is 15.0. The summed E-state index contributed by atoms with van der Waals surface area (Å²) in [5.74, 6) is 0.382. The number of hydrogen-bond acceptors (Lipinski definition) is 4. The van der Waals surface area contributed by atoms with Gasteiger partial charge >= 0.3 is 0 Å². The largest absolute Gasteiger partial charge is 0.492 e. The van der Waals surface area contributed by atoms with Gasteiger partial charge in [0.05, 0.1) is 6.54 Å². The maximum atomic E-state index is 13.2. The lowest BCUT2D eigenvalue weighted by Crippen LogP contribution is -2.34. The second-order valence-corrected chi connectivity index (χ2v) is 6.99. The highest BCUT2D eigenvalue weighted by atomic mass is 16.5. The van der Waals surface area contributed by atoms with Gasteiger partial charge in [-0.25, -0.2) is 0 Å². The first kappa shape index (κ1) is 21.6. The SMILES string of the molecule is N=C(N)c1ccc(C(=O)N(CCOc2cccc(C(=N)N)c2)Cc2ccccc2)cc1. The molecule has 0 saturated carbocycles. The average Bonchev–Trinajstić information content (AvgIpc) is 2.79. The zero-order valence-corrected chi connectivity index (χ0v) is 17.0. The summed E-state index contributed by atoms with van der Waals surface area (Å²) in [6.07, 6.45) is 0. The van der Waals surface area contributed by atoms with Crippen LogP contribution < -0.4 is 16.2 Å². The van der Waals surface area contributed by atoms with Gasteiger partial charge in [0.1, 0.15) is 24.0 Å². The molecule has 1 amide bonds. The Labute approximate surface area is 181 Å². The van der Waals surface area contributed by atoms with Gasteiger partial charge in [-0.2, -0.15) is 0 Å². The van der Waals surface area contributed by atoms with Gasteiger partial charge in [-0.05, 0) is 29.8 Å². The highest BCUT2D eigenvalue weighted by Crippen LogP contribution is 2.15. The Bertz CT molecular complexity index is 1060. The third-order valence-corrected chi connectivity index (χ3v) is 4.72. The Morgan fingerprint density at radius 3 is 2.10 bits per heavy atom. The van der Waals surface area contributed by atoms with Crippen LogP contribution in [0, 0.1) is 10.8 Å². The summed E-state index contributed by atoms with van der Waals surface area (Å²) in [6.45, 7) is 1.09. The van der Waals surface area contributed by atoms with Gasteiger partial charge in [-0.3, -0.25) is 15.6 Å². The zero-order chi connectivity index (χ0) is 22.2. The fourth-order valence-electron chi connectivity index (χ4n) is 3.06. The van der Waals surface area contributed by atoms with Crippen LogP contribution in [0.2, 0.25) is 0 Å². The van der Waals surface area contributed by atoms with E-state index in [4.69, 9.17) is 27.0 Å². The molecule has 0 unspecified atom stereocenters. The minimum Gasteiger partial charge on any atom is -0.492 e. The second kappa shape index (κ2) is 10.1. The van der Waals surface area contributed by atoms with Crippen molar-refractivity contribution in [1.29, 1.82) is 10.8 Å². The highest BCUT2D eigenvalue weighted by molar-refractivity contribution is 5.98. The quantitative estimate of drug-likeness (QED) is 0.316. The topological polar surface area (TPSA) is 129 Å². The van der Waals surface area contributed by atoms with Gasteiger partial charge in [0.25, 0.3) is 5.91 Å². The Hall–Kier alpha value is -4.13. The molecule has 0 heterocycles. The molecule has 0 aliphatic rings. The van der Waals surface area contributed by atoms with E-state index in [1.54, 1.807) is 53.4 Å². The monoisotopic (exact) mass is 415 g/mol. The molecular weight excluding hydrogens is 390 g/mol. The molecule has 0 atom stereocenters. The summed E-state index contributed by atoms with van der Waals surface area (Å²) >= 11 is 0. The van der Waals surface area contributed by atoms with Crippen molar-refractivity contribution < 1.29 is 9.53 Å². The normalized spacial score (nSPS) is 10.3. The molecule has 7 heteroatoms. The van der Waals surface area contributed by atoms with Crippen molar-refractivity contribution in [2.75, 3.05) is 13.2 Å². The molecule has 31 heavy (non-hydrogen) atoms. The van der Waals surface area contributed by atoms with E-state index in [-0.39, 0.29) is 24.2 Å². The number of benzene rings is 3. The van der Waals surface area contributed by atoms with Crippen molar-refractivity contribution in [3.63, 3.8) is 0 Å². The number of amidine groups is 2. The van der Waals surface area contributed by atoms with Crippen LogP contribution in [0.1, 0.15) is 27.0 Å². The van der Waals surface area contributed by atoms with E-state index in [1.165, 1.54) is 0 Å². The number of carbonyl (C=O) groups is 1. The number of hydrogen-bond donors (Lipinski definition) is 4. The molecule has 158 valence electrons. The molecule has 0 bridgehead atoms. The first-order valence-corrected chi connectivity index (χ1v) is 9.79. The molecule has 0 aromatic heterocycles. The van der Waals surface area contributed by atoms with Crippen molar-refractivity contribution in [3.05, 3.63) is 101 Å². The van der Waals surface area contributed by atoms with Crippen LogP contribution in [0.15, 0.2) is 78.9 Å². The lowest BCUT2D eigenvalue weighted by Gasteiger charge is -2.23. The smallest absolute Gasteiger partial charge is 0.254 e. The molecule has 3 rings (SSSR count). The number of nitrogens with zero attached hydrogens (tertiary/aromatic N) is 1. The zero-order valence-electron chi connectivity index (χ0n) is 17.0. The summed E-state index contributed by atoms with van der Waals surface area (Å²) in [6, 6.07) is 23.4. The lowest BCUT2D eigenvalue weighted by molar-refractivity contribution is 0.0716. The molecule has 7 nitrogen and oxygen atoms in total. The van der Waals surface area contributed by atoms with Gasteiger partial charge in [0.2, 0.25) is 0 Å². The molecular formula is C24H25N5O2. The summed E-state index contributed by atoms with van der Waals surface area (Å²) < 4.78 is 5.81. The first-order valence-electron chi connectivity index (χ1n) is 9.79. The minimum absolute atomic E-state index is 0.0275. The van der Waals surface area contributed by atoms with Crippen LogP contribution in [0.3, 0.4) is 0 Å². The van der Waals surface area contributed by atoms with Gasteiger partial charge in [0, 0.05) is 23.2 Å². The summed E-state index contributed by atoms with van der Waals surface area (Å²) in [4.78, 5) is 14.9. The van der Waals surface area contributed by atoms with E-state index in [1.807, 2.05) is 30.3 Å². The predicted molar refractivity (Wildman–Crippen MR) is 122 cm³/mol. The molecule has 3 aromatic rings. The second-order valence-electron chi connectivity index (χ2n) is 6.99. The van der Waals surface area contributed by atoms with E-state index < -0.39 is 0 Å². The molecule has 0 aliphatic carbocycles. The third-order valence-electron chi connectivity index (χ3n) is 4.72. The number of ether oxygens (including phenoxy) is 1. The third kappa shape index (κ3) is 5.93. The molecule has 0 saturated heterocycles. The van der Waals surface area contributed by atoms with E-state index in [0.717, 1.165) is 5.56 Å². The highest BCUT2D eigenvalue weighted by Gasteiger charge is 2.17. The standard InChI is InChI=1S/C24H25N5O2/c25-22(26)18-9-11-19(12-10-18)24(30)29(16-17-5-2-1-3-6-17)13-14-31-21-8-4-7-20(15-21)23(27)28/h1-12,15H,13-14,16H2,(H3,25,26)(H3,27,28). The van der Waals surface area contributed by atoms with Crippen molar-refractivity contribution >= 4 is 17.6 Å².